The number of hydrogen-bond acceptors (Lipinski definition) is 2. The molecule has 1 unspecified atom stereocenters. The van der Waals surface area contributed by atoms with Crippen LogP contribution in [-0.4, -0.2) is 30.4 Å². The van der Waals surface area contributed by atoms with Gasteiger partial charge in [-0.15, -0.1) is 0 Å². The van der Waals surface area contributed by atoms with Crippen LogP contribution in [0, 0.1) is 18.8 Å². The minimum Gasteiger partial charge on any atom is -0.339 e. The third-order valence-electron chi connectivity index (χ3n) is 3.42. The number of nitrogens with zero attached hydrogens (tertiary/aromatic N) is 1. The predicted molar refractivity (Wildman–Crippen MR) is 83.6 cm³/mol. The first-order chi connectivity index (χ1) is 9.51. The Balaban J connectivity index is 3.10. The van der Waals surface area contributed by atoms with E-state index in [4.69, 9.17) is 5.73 Å². The molecule has 0 saturated heterocycles. The molecule has 0 aliphatic heterocycles. The molecule has 1 aromatic rings. The number of amides is 1. The largest absolute Gasteiger partial charge is 0.339 e. The number of nitrogens with two attached hydrogens (primary N) is 1. The quantitative estimate of drug-likeness (QED) is 0.856. The van der Waals surface area contributed by atoms with Gasteiger partial charge in [-0.1, -0.05) is 36.8 Å². The molecule has 20 heavy (non-hydrogen) atoms. The molecule has 1 rings (SSSR count). The Morgan fingerprint density at radius 2 is 2.15 bits per heavy atom. The highest BCUT2D eigenvalue weighted by atomic mass is 16.2. The fourth-order valence-corrected chi connectivity index (χ4v) is 2.09. The summed E-state index contributed by atoms with van der Waals surface area (Å²) in [5.41, 5.74) is 7.88. The first kappa shape index (κ1) is 16.3. The van der Waals surface area contributed by atoms with Gasteiger partial charge in [0, 0.05) is 18.7 Å². The molecule has 1 amide bonds. The van der Waals surface area contributed by atoms with E-state index >= 15 is 0 Å². The molecule has 0 spiro atoms. The predicted octanol–water partition coefficient (Wildman–Crippen LogP) is 2.57. The minimum absolute atomic E-state index is 0.0240. The van der Waals surface area contributed by atoms with Crippen molar-refractivity contribution in [2.24, 2.45) is 5.73 Å². The summed E-state index contributed by atoms with van der Waals surface area (Å²) in [7, 11) is 1.85. The van der Waals surface area contributed by atoms with Crippen molar-refractivity contribution in [3.8, 4) is 11.8 Å². The Hall–Kier alpha value is -1.79. The van der Waals surface area contributed by atoms with Gasteiger partial charge in [-0.05, 0) is 32.4 Å². The average Bonchev–Trinajstić information content (AvgIpc) is 2.44. The third kappa shape index (κ3) is 4.11. The molecule has 0 aromatic heterocycles. The van der Waals surface area contributed by atoms with E-state index in [9.17, 15) is 4.79 Å². The Morgan fingerprint density at radius 3 is 2.75 bits per heavy atom. The number of rotatable bonds is 4. The summed E-state index contributed by atoms with van der Waals surface area (Å²) in [6.07, 6.45) is 2.06. The zero-order valence-corrected chi connectivity index (χ0v) is 12.9. The molecule has 0 bridgehead atoms. The summed E-state index contributed by atoms with van der Waals surface area (Å²) in [6.45, 7) is 6.47. The summed E-state index contributed by atoms with van der Waals surface area (Å²) >= 11 is 0. The number of hydrogen-bond donors (Lipinski definition) is 1. The molecule has 0 fully saturated rings. The first-order valence-electron chi connectivity index (χ1n) is 7.08. The standard InChI is InChI=1S/C17H24N2O/c1-5-7-14(3)19(4)17(20)16-12-13(2)9-10-15(16)8-6-11-18/h9-10,12,14H,5,7,11,18H2,1-4H3. The second kappa shape index (κ2) is 7.72. The molecule has 1 aromatic carbocycles. The smallest absolute Gasteiger partial charge is 0.255 e. The zero-order chi connectivity index (χ0) is 15.1. The van der Waals surface area contributed by atoms with Gasteiger partial charge in [0.15, 0.2) is 0 Å². The maximum Gasteiger partial charge on any atom is 0.255 e. The fourth-order valence-electron chi connectivity index (χ4n) is 2.09. The van der Waals surface area contributed by atoms with Crippen LogP contribution in [0.5, 0.6) is 0 Å². The van der Waals surface area contributed by atoms with Crippen molar-refractivity contribution in [3.63, 3.8) is 0 Å². The van der Waals surface area contributed by atoms with Crippen molar-refractivity contribution in [1.29, 1.82) is 0 Å². The zero-order valence-electron chi connectivity index (χ0n) is 12.9. The summed E-state index contributed by atoms with van der Waals surface area (Å²) in [4.78, 5) is 14.4. The molecule has 0 saturated carbocycles. The molecule has 108 valence electrons. The van der Waals surface area contributed by atoms with Crippen LogP contribution in [0.2, 0.25) is 0 Å². The van der Waals surface area contributed by atoms with Crippen molar-refractivity contribution >= 4 is 5.91 Å². The fraction of sp³-hybridized carbons (Fsp3) is 0.471. The topological polar surface area (TPSA) is 46.3 Å². The van der Waals surface area contributed by atoms with Crippen LogP contribution < -0.4 is 5.73 Å². The van der Waals surface area contributed by atoms with E-state index in [1.807, 2.05) is 32.2 Å². The Morgan fingerprint density at radius 1 is 1.45 bits per heavy atom. The molecule has 2 N–H and O–H groups in total. The van der Waals surface area contributed by atoms with E-state index < -0.39 is 0 Å². The highest BCUT2D eigenvalue weighted by Crippen LogP contribution is 2.15. The lowest BCUT2D eigenvalue weighted by molar-refractivity contribution is 0.0736. The van der Waals surface area contributed by atoms with E-state index in [0.29, 0.717) is 12.1 Å². The van der Waals surface area contributed by atoms with Crippen LogP contribution in [0.3, 0.4) is 0 Å². The van der Waals surface area contributed by atoms with Crippen LogP contribution in [0.25, 0.3) is 0 Å². The molecular weight excluding hydrogens is 248 g/mol. The van der Waals surface area contributed by atoms with Crippen molar-refractivity contribution in [2.75, 3.05) is 13.6 Å². The Labute approximate surface area is 122 Å². The Bertz CT molecular complexity index is 526. The number of aryl methyl sites for hydroxylation is 1. The first-order valence-corrected chi connectivity index (χ1v) is 7.08. The Kier molecular flexibility index (Phi) is 6.27. The van der Waals surface area contributed by atoms with Gasteiger partial charge in [-0.25, -0.2) is 0 Å². The van der Waals surface area contributed by atoms with Crippen molar-refractivity contribution in [3.05, 3.63) is 34.9 Å². The number of carbonyl (C=O) groups is 1. The molecule has 1 atom stereocenters. The monoisotopic (exact) mass is 272 g/mol. The average molecular weight is 272 g/mol. The van der Waals surface area contributed by atoms with E-state index in [1.165, 1.54) is 0 Å². The van der Waals surface area contributed by atoms with E-state index in [1.54, 1.807) is 4.90 Å². The third-order valence-corrected chi connectivity index (χ3v) is 3.42. The van der Waals surface area contributed by atoms with Crippen molar-refractivity contribution in [1.82, 2.24) is 4.90 Å². The van der Waals surface area contributed by atoms with Crippen LogP contribution >= 0.6 is 0 Å². The molecule has 0 radical (unpaired) electrons. The summed E-state index contributed by atoms with van der Waals surface area (Å²) in [5.74, 6) is 5.83. The molecule has 3 nitrogen and oxygen atoms in total. The highest BCUT2D eigenvalue weighted by Gasteiger charge is 2.19. The lowest BCUT2D eigenvalue weighted by atomic mass is 10.0. The second-order valence-electron chi connectivity index (χ2n) is 5.11. The lowest BCUT2D eigenvalue weighted by Gasteiger charge is -2.25. The normalized spacial score (nSPS) is 11.4. The van der Waals surface area contributed by atoms with Gasteiger partial charge in [-0.2, -0.15) is 0 Å². The van der Waals surface area contributed by atoms with Gasteiger partial charge < -0.3 is 10.6 Å². The van der Waals surface area contributed by atoms with Gasteiger partial charge >= 0.3 is 0 Å². The van der Waals surface area contributed by atoms with E-state index in [0.717, 1.165) is 24.0 Å². The molecule has 0 aliphatic rings. The maximum absolute atomic E-state index is 12.6. The molecular formula is C17H24N2O. The van der Waals surface area contributed by atoms with Crippen molar-refractivity contribution < 1.29 is 4.79 Å². The van der Waals surface area contributed by atoms with Crippen molar-refractivity contribution in [2.45, 2.75) is 39.7 Å². The van der Waals surface area contributed by atoms with Crippen LogP contribution in [0.1, 0.15) is 48.2 Å². The van der Waals surface area contributed by atoms with Crippen LogP contribution in [0.4, 0.5) is 0 Å². The van der Waals surface area contributed by atoms with Crippen LogP contribution in [0.15, 0.2) is 18.2 Å². The van der Waals surface area contributed by atoms with E-state index in [-0.39, 0.29) is 11.9 Å². The van der Waals surface area contributed by atoms with Gasteiger partial charge in [0.1, 0.15) is 0 Å². The minimum atomic E-state index is 0.0240. The van der Waals surface area contributed by atoms with Gasteiger partial charge in [0.25, 0.3) is 5.91 Å². The van der Waals surface area contributed by atoms with Crippen LogP contribution in [-0.2, 0) is 0 Å². The van der Waals surface area contributed by atoms with Gasteiger partial charge in [0.05, 0.1) is 12.1 Å². The molecule has 3 heteroatoms. The summed E-state index contributed by atoms with van der Waals surface area (Å²) in [5, 5.41) is 0. The SMILES string of the molecule is CCCC(C)N(C)C(=O)c1cc(C)ccc1C#CCN. The van der Waals surface area contributed by atoms with E-state index in [2.05, 4.69) is 25.7 Å². The maximum atomic E-state index is 12.6. The van der Waals surface area contributed by atoms with Gasteiger partial charge in [-0.3, -0.25) is 4.79 Å². The lowest BCUT2D eigenvalue weighted by Crippen LogP contribution is -2.35. The number of benzene rings is 1. The van der Waals surface area contributed by atoms with Gasteiger partial charge in [0.2, 0.25) is 0 Å². The number of carbonyl (C=O) groups excluding carboxylic acids is 1. The highest BCUT2D eigenvalue weighted by molar-refractivity contribution is 5.97. The molecule has 0 aliphatic carbocycles. The summed E-state index contributed by atoms with van der Waals surface area (Å²) in [6, 6.07) is 5.98. The summed E-state index contributed by atoms with van der Waals surface area (Å²) < 4.78 is 0. The second-order valence-corrected chi connectivity index (χ2v) is 5.11. The molecule has 0 heterocycles.